The van der Waals surface area contributed by atoms with Gasteiger partial charge in [0.05, 0.1) is 6.42 Å². The van der Waals surface area contributed by atoms with E-state index in [-0.39, 0.29) is 11.9 Å². The Kier molecular flexibility index (Phi) is 2.70. The zero-order valence-corrected chi connectivity index (χ0v) is 8.71. The molecule has 1 aromatic rings. The highest BCUT2D eigenvalue weighted by Gasteiger charge is 2.18. The van der Waals surface area contributed by atoms with E-state index in [1.54, 1.807) is 0 Å². The van der Waals surface area contributed by atoms with E-state index in [4.69, 9.17) is 5.73 Å². The fourth-order valence-corrected chi connectivity index (χ4v) is 1.89. The van der Waals surface area contributed by atoms with Gasteiger partial charge in [0, 0.05) is 18.3 Å². The highest BCUT2D eigenvalue weighted by atomic mass is 16.1. The maximum atomic E-state index is 11.2. The predicted molar refractivity (Wildman–Crippen MR) is 59.6 cm³/mol. The SMILES string of the molecule is CNC(CN)c1ccc2c(c1)CC(=O)N2. The number of likely N-dealkylation sites (N-methyl/N-ethyl adjacent to an activating group) is 1. The predicted octanol–water partition coefficient (Wildman–Crippen LogP) is 0.400. The monoisotopic (exact) mass is 205 g/mol. The first-order valence-electron chi connectivity index (χ1n) is 5.04. The van der Waals surface area contributed by atoms with Gasteiger partial charge in [-0.3, -0.25) is 4.79 Å². The van der Waals surface area contributed by atoms with Gasteiger partial charge in [0.1, 0.15) is 0 Å². The largest absolute Gasteiger partial charge is 0.329 e. The number of anilines is 1. The van der Waals surface area contributed by atoms with E-state index in [9.17, 15) is 4.79 Å². The summed E-state index contributed by atoms with van der Waals surface area (Å²) in [5.41, 5.74) is 8.77. The molecule has 80 valence electrons. The minimum absolute atomic E-state index is 0.0657. The summed E-state index contributed by atoms with van der Waals surface area (Å²) < 4.78 is 0. The number of hydrogen-bond donors (Lipinski definition) is 3. The minimum atomic E-state index is 0.0657. The smallest absolute Gasteiger partial charge is 0.228 e. The van der Waals surface area contributed by atoms with Gasteiger partial charge in [-0.1, -0.05) is 12.1 Å². The van der Waals surface area contributed by atoms with Gasteiger partial charge in [-0.05, 0) is 24.2 Å². The highest BCUT2D eigenvalue weighted by Crippen LogP contribution is 2.25. The summed E-state index contributed by atoms with van der Waals surface area (Å²) in [6.07, 6.45) is 0.476. The third-order valence-electron chi connectivity index (χ3n) is 2.74. The molecule has 4 heteroatoms. The van der Waals surface area contributed by atoms with Crippen LogP contribution in [0.1, 0.15) is 17.2 Å². The summed E-state index contributed by atoms with van der Waals surface area (Å²) in [5.74, 6) is 0.0657. The van der Waals surface area contributed by atoms with Gasteiger partial charge < -0.3 is 16.4 Å². The van der Waals surface area contributed by atoms with Crippen LogP contribution in [0.15, 0.2) is 18.2 Å². The van der Waals surface area contributed by atoms with Crippen molar-refractivity contribution in [3.8, 4) is 0 Å². The van der Waals surface area contributed by atoms with Crippen LogP contribution in [0, 0.1) is 0 Å². The summed E-state index contributed by atoms with van der Waals surface area (Å²) >= 11 is 0. The van der Waals surface area contributed by atoms with Gasteiger partial charge >= 0.3 is 0 Å². The molecule has 15 heavy (non-hydrogen) atoms. The molecule has 1 aromatic carbocycles. The molecule has 1 unspecified atom stereocenters. The Bertz CT molecular complexity index is 385. The van der Waals surface area contributed by atoms with Crippen molar-refractivity contribution in [3.63, 3.8) is 0 Å². The van der Waals surface area contributed by atoms with Crippen molar-refractivity contribution < 1.29 is 4.79 Å². The highest BCUT2D eigenvalue weighted by molar-refractivity contribution is 5.99. The molecule has 1 aliphatic heterocycles. The molecule has 1 amide bonds. The number of nitrogens with one attached hydrogen (secondary N) is 2. The first-order chi connectivity index (χ1) is 7.24. The fourth-order valence-electron chi connectivity index (χ4n) is 1.89. The maximum Gasteiger partial charge on any atom is 0.228 e. The Morgan fingerprint density at radius 2 is 2.40 bits per heavy atom. The average molecular weight is 205 g/mol. The lowest BCUT2D eigenvalue weighted by Gasteiger charge is -2.14. The van der Waals surface area contributed by atoms with E-state index in [0.29, 0.717) is 13.0 Å². The molecular weight excluding hydrogens is 190 g/mol. The zero-order chi connectivity index (χ0) is 10.8. The molecule has 4 N–H and O–H groups in total. The molecule has 1 heterocycles. The van der Waals surface area contributed by atoms with Crippen molar-refractivity contribution in [1.82, 2.24) is 5.32 Å². The van der Waals surface area contributed by atoms with Crippen LogP contribution in [-0.2, 0) is 11.2 Å². The second-order valence-corrected chi connectivity index (χ2v) is 3.72. The Labute approximate surface area is 88.9 Å². The van der Waals surface area contributed by atoms with E-state index >= 15 is 0 Å². The van der Waals surface area contributed by atoms with E-state index in [1.807, 2.05) is 25.2 Å². The molecule has 0 spiro atoms. The van der Waals surface area contributed by atoms with Crippen molar-refractivity contribution in [3.05, 3.63) is 29.3 Å². The van der Waals surface area contributed by atoms with Gasteiger partial charge in [-0.25, -0.2) is 0 Å². The van der Waals surface area contributed by atoms with Crippen LogP contribution in [0.5, 0.6) is 0 Å². The third kappa shape index (κ3) is 1.86. The summed E-state index contributed by atoms with van der Waals surface area (Å²) in [7, 11) is 1.88. The van der Waals surface area contributed by atoms with Gasteiger partial charge in [0.2, 0.25) is 5.91 Å². The number of carbonyl (C=O) groups is 1. The summed E-state index contributed by atoms with van der Waals surface area (Å²) in [6, 6.07) is 6.14. The Morgan fingerprint density at radius 3 is 3.07 bits per heavy atom. The second-order valence-electron chi connectivity index (χ2n) is 3.72. The van der Waals surface area contributed by atoms with Crippen molar-refractivity contribution >= 4 is 11.6 Å². The molecule has 0 fully saturated rings. The summed E-state index contributed by atoms with van der Waals surface area (Å²) in [4.78, 5) is 11.2. The topological polar surface area (TPSA) is 67.1 Å². The molecule has 0 radical (unpaired) electrons. The van der Waals surface area contributed by atoms with Crippen LogP contribution in [0.2, 0.25) is 0 Å². The number of amides is 1. The van der Waals surface area contributed by atoms with Crippen molar-refractivity contribution in [2.24, 2.45) is 5.73 Å². The standard InChI is InChI=1S/C11H15N3O/c1-13-10(6-12)7-2-3-9-8(4-7)5-11(15)14-9/h2-4,10,13H,5-6,12H2,1H3,(H,14,15). The van der Waals surface area contributed by atoms with Crippen molar-refractivity contribution in [1.29, 1.82) is 0 Å². The first kappa shape index (κ1) is 10.1. The minimum Gasteiger partial charge on any atom is -0.329 e. The molecule has 0 bridgehead atoms. The lowest BCUT2D eigenvalue weighted by Crippen LogP contribution is -2.24. The van der Waals surface area contributed by atoms with Crippen molar-refractivity contribution in [2.45, 2.75) is 12.5 Å². The number of hydrogen-bond acceptors (Lipinski definition) is 3. The first-order valence-corrected chi connectivity index (χ1v) is 5.04. The lowest BCUT2D eigenvalue weighted by atomic mass is 10.0. The molecular formula is C11H15N3O. The summed E-state index contributed by atoms with van der Waals surface area (Å²) in [6.45, 7) is 0.552. The van der Waals surface area contributed by atoms with Crippen LogP contribution in [0.4, 0.5) is 5.69 Å². The number of carbonyl (C=O) groups excluding carboxylic acids is 1. The Balaban J connectivity index is 2.30. The van der Waals surface area contributed by atoms with Crippen LogP contribution < -0.4 is 16.4 Å². The zero-order valence-electron chi connectivity index (χ0n) is 8.71. The molecule has 0 saturated carbocycles. The molecule has 2 rings (SSSR count). The van der Waals surface area contributed by atoms with Gasteiger partial charge in [-0.2, -0.15) is 0 Å². The molecule has 1 atom stereocenters. The van der Waals surface area contributed by atoms with Crippen LogP contribution in [0.25, 0.3) is 0 Å². The quantitative estimate of drug-likeness (QED) is 0.669. The summed E-state index contributed by atoms with van der Waals surface area (Å²) in [5, 5.41) is 5.95. The van der Waals surface area contributed by atoms with Crippen LogP contribution >= 0.6 is 0 Å². The number of fused-ring (bicyclic) bond motifs is 1. The van der Waals surface area contributed by atoms with Crippen molar-refractivity contribution in [2.75, 3.05) is 18.9 Å². The average Bonchev–Trinajstić information content (AvgIpc) is 2.59. The van der Waals surface area contributed by atoms with E-state index in [1.165, 1.54) is 0 Å². The molecule has 0 aliphatic carbocycles. The Hall–Kier alpha value is -1.39. The molecule has 4 nitrogen and oxygen atoms in total. The van der Waals surface area contributed by atoms with Gasteiger partial charge in [0.15, 0.2) is 0 Å². The van der Waals surface area contributed by atoms with Gasteiger partial charge in [-0.15, -0.1) is 0 Å². The fraction of sp³-hybridized carbons (Fsp3) is 0.364. The van der Waals surface area contributed by atoms with E-state index in [0.717, 1.165) is 16.8 Å². The number of benzene rings is 1. The van der Waals surface area contributed by atoms with Crippen LogP contribution in [-0.4, -0.2) is 19.5 Å². The van der Waals surface area contributed by atoms with Gasteiger partial charge in [0.25, 0.3) is 0 Å². The molecule has 1 aliphatic rings. The lowest BCUT2D eigenvalue weighted by molar-refractivity contribution is -0.115. The number of nitrogens with two attached hydrogens (primary N) is 1. The number of rotatable bonds is 3. The van der Waals surface area contributed by atoms with E-state index in [2.05, 4.69) is 10.6 Å². The molecule has 0 aromatic heterocycles. The Morgan fingerprint density at radius 1 is 1.60 bits per heavy atom. The molecule has 0 saturated heterocycles. The van der Waals surface area contributed by atoms with E-state index < -0.39 is 0 Å². The second kappa shape index (κ2) is 4.00. The van der Waals surface area contributed by atoms with Crippen LogP contribution in [0.3, 0.4) is 0 Å². The normalized spacial score (nSPS) is 16.0. The third-order valence-corrected chi connectivity index (χ3v) is 2.74. The maximum absolute atomic E-state index is 11.2.